The Bertz CT molecular complexity index is 561. The molecule has 2 rings (SSSR count). The van der Waals surface area contributed by atoms with Gasteiger partial charge in [0.1, 0.15) is 0 Å². The summed E-state index contributed by atoms with van der Waals surface area (Å²) in [5.74, 6) is 0.708. The Morgan fingerprint density at radius 3 is 2.21 bits per heavy atom. The van der Waals surface area contributed by atoms with E-state index in [9.17, 15) is 9.59 Å². The molecule has 1 saturated carbocycles. The van der Waals surface area contributed by atoms with Crippen LogP contribution in [0.25, 0.3) is 0 Å². The van der Waals surface area contributed by atoms with Gasteiger partial charge in [-0.3, -0.25) is 9.59 Å². The highest BCUT2D eigenvalue weighted by atomic mass is 16.2. The third-order valence-electron chi connectivity index (χ3n) is 4.86. The predicted molar refractivity (Wildman–Crippen MR) is 97.9 cm³/mol. The number of nitrogens with one attached hydrogen (secondary N) is 2. The maximum atomic E-state index is 12.6. The lowest BCUT2D eigenvalue weighted by atomic mass is 9.81. The molecule has 1 fully saturated rings. The molecule has 24 heavy (non-hydrogen) atoms. The van der Waals surface area contributed by atoms with Crippen LogP contribution >= 0.6 is 0 Å². The van der Waals surface area contributed by atoms with Crippen LogP contribution in [0.2, 0.25) is 0 Å². The highest BCUT2D eigenvalue weighted by Crippen LogP contribution is 2.31. The van der Waals surface area contributed by atoms with Gasteiger partial charge in [-0.05, 0) is 49.7 Å². The largest absolute Gasteiger partial charge is 0.356 e. The third kappa shape index (κ3) is 4.83. The molecule has 0 radical (unpaired) electrons. The maximum absolute atomic E-state index is 12.6. The molecule has 0 unspecified atom stereocenters. The lowest BCUT2D eigenvalue weighted by Gasteiger charge is -2.27. The Balaban J connectivity index is 1.88. The van der Waals surface area contributed by atoms with E-state index in [4.69, 9.17) is 0 Å². The van der Waals surface area contributed by atoms with Gasteiger partial charge in [-0.15, -0.1) is 0 Å². The predicted octanol–water partition coefficient (Wildman–Crippen LogP) is 4.08. The van der Waals surface area contributed by atoms with Gasteiger partial charge < -0.3 is 10.6 Å². The van der Waals surface area contributed by atoms with Crippen LogP contribution < -0.4 is 10.6 Å². The SMILES string of the molecule is CCCNC(=O)C1CCC(C(=O)Nc2ccccc2C(C)C)CC1. The van der Waals surface area contributed by atoms with E-state index in [-0.39, 0.29) is 23.7 Å². The van der Waals surface area contributed by atoms with E-state index in [0.717, 1.165) is 44.3 Å². The average Bonchev–Trinajstić information content (AvgIpc) is 2.60. The Labute approximate surface area is 145 Å². The molecule has 0 atom stereocenters. The number of anilines is 1. The molecule has 132 valence electrons. The van der Waals surface area contributed by atoms with Crippen molar-refractivity contribution in [3.63, 3.8) is 0 Å². The maximum Gasteiger partial charge on any atom is 0.227 e. The molecule has 1 aliphatic rings. The van der Waals surface area contributed by atoms with Crippen molar-refractivity contribution < 1.29 is 9.59 Å². The topological polar surface area (TPSA) is 58.2 Å². The third-order valence-corrected chi connectivity index (χ3v) is 4.86. The van der Waals surface area contributed by atoms with Crippen LogP contribution in [0.4, 0.5) is 5.69 Å². The van der Waals surface area contributed by atoms with Gasteiger partial charge in [0.2, 0.25) is 11.8 Å². The molecule has 4 heteroatoms. The summed E-state index contributed by atoms with van der Waals surface area (Å²) in [5, 5.41) is 6.07. The summed E-state index contributed by atoms with van der Waals surface area (Å²) < 4.78 is 0. The quantitative estimate of drug-likeness (QED) is 0.825. The minimum absolute atomic E-state index is 0.0143. The van der Waals surface area contributed by atoms with Gasteiger partial charge in [-0.2, -0.15) is 0 Å². The van der Waals surface area contributed by atoms with Crippen LogP contribution in [0.1, 0.15) is 64.4 Å². The van der Waals surface area contributed by atoms with Gasteiger partial charge in [0.15, 0.2) is 0 Å². The fourth-order valence-corrected chi connectivity index (χ4v) is 3.36. The van der Waals surface area contributed by atoms with E-state index in [1.54, 1.807) is 0 Å². The number of benzene rings is 1. The van der Waals surface area contributed by atoms with Crippen molar-refractivity contribution in [2.45, 2.75) is 58.8 Å². The first-order chi connectivity index (χ1) is 11.5. The van der Waals surface area contributed by atoms with Gasteiger partial charge >= 0.3 is 0 Å². The fraction of sp³-hybridized carbons (Fsp3) is 0.600. The van der Waals surface area contributed by atoms with Gasteiger partial charge in [-0.25, -0.2) is 0 Å². The molecule has 0 bridgehead atoms. The van der Waals surface area contributed by atoms with E-state index in [1.165, 1.54) is 5.56 Å². The fourth-order valence-electron chi connectivity index (χ4n) is 3.36. The molecule has 0 saturated heterocycles. The van der Waals surface area contributed by atoms with Gasteiger partial charge in [0.25, 0.3) is 0 Å². The number of amides is 2. The molecule has 0 aromatic heterocycles. The minimum Gasteiger partial charge on any atom is -0.356 e. The molecule has 2 amide bonds. The van der Waals surface area contributed by atoms with Crippen molar-refractivity contribution in [3.8, 4) is 0 Å². The summed E-state index contributed by atoms with van der Waals surface area (Å²) in [7, 11) is 0. The van der Waals surface area contributed by atoms with Crippen molar-refractivity contribution in [1.82, 2.24) is 5.32 Å². The van der Waals surface area contributed by atoms with E-state index in [2.05, 4.69) is 37.5 Å². The summed E-state index contributed by atoms with van der Waals surface area (Å²) in [6.07, 6.45) is 4.15. The average molecular weight is 330 g/mol. The molecule has 0 spiro atoms. The summed E-state index contributed by atoms with van der Waals surface area (Å²) in [4.78, 5) is 24.6. The zero-order valence-corrected chi connectivity index (χ0v) is 15.1. The molecule has 4 nitrogen and oxygen atoms in total. The minimum atomic E-state index is 0.0143. The van der Waals surface area contributed by atoms with Crippen LogP contribution in [0.5, 0.6) is 0 Å². The molecular weight excluding hydrogens is 300 g/mol. The normalized spacial score (nSPS) is 20.7. The number of carbonyl (C=O) groups is 2. The molecule has 0 aliphatic heterocycles. The monoisotopic (exact) mass is 330 g/mol. The van der Waals surface area contributed by atoms with Crippen LogP contribution in [0.3, 0.4) is 0 Å². The first-order valence-corrected chi connectivity index (χ1v) is 9.20. The molecular formula is C20H30N2O2. The van der Waals surface area contributed by atoms with Crippen LogP contribution in [0, 0.1) is 11.8 Å². The Kier molecular flexibility index (Phi) is 6.83. The lowest BCUT2D eigenvalue weighted by Crippen LogP contribution is -2.35. The van der Waals surface area contributed by atoms with Gasteiger partial charge in [0.05, 0.1) is 0 Å². The van der Waals surface area contributed by atoms with Gasteiger partial charge in [0, 0.05) is 24.1 Å². The van der Waals surface area contributed by atoms with Crippen molar-refractivity contribution in [1.29, 1.82) is 0 Å². The Hall–Kier alpha value is -1.84. The van der Waals surface area contributed by atoms with E-state index in [1.807, 2.05) is 18.2 Å². The molecule has 1 aromatic carbocycles. The Morgan fingerprint density at radius 2 is 1.62 bits per heavy atom. The molecule has 1 aliphatic carbocycles. The highest BCUT2D eigenvalue weighted by molar-refractivity contribution is 5.93. The van der Waals surface area contributed by atoms with E-state index < -0.39 is 0 Å². The van der Waals surface area contributed by atoms with Crippen molar-refractivity contribution >= 4 is 17.5 Å². The molecule has 0 heterocycles. The van der Waals surface area contributed by atoms with E-state index >= 15 is 0 Å². The highest BCUT2D eigenvalue weighted by Gasteiger charge is 2.30. The summed E-state index contributed by atoms with van der Waals surface area (Å²) >= 11 is 0. The number of hydrogen-bond donors (Lipinski definition) is 2. The lowest BCUT2D eigenvalue weighted by molar-refractivity contribution is -0.128. The number of hydrogen-bond acceptors (Lipinski definition) is 2. The summed E-state index contributed by atoms with van der Waals surface area (Å²) in [6, 6.07) is 7.99. The van der Waals surface area contributed by atoms with Crippen molar-refractivity contribution in [3.05, 3.63) is 29.8 Å². The molecule has 2 N–H and O–H groups in total. The van der Waals surface area contributed by atoms with E-state index in [0.29, 0.717) is 5.92 Å². The van der Waals surface area contributed by atoms with Crippen molar-refractivity contribution in [2.24, 2.45) is 11.8 Å². The first kappa shape index (κ1) is 18.5. The van der Waals surface area contributed by atoms with Crippen LogP contribution in [0.15, 0.2) is 24.3 Å². The second kappa shape index (κ2) is 8.86. The number of rotatable bonds is 6. The number of para-hydroxylation sites is 1. The second-order valence-electron chi connectivity index (χ2n) is 7.07. The standard InChI is InChI=1S/C20H30N2O2/c1-4-13-21-19(23)15-9-11-16(12-10-15)20(24)22-18-8-6-5-7-17(18)14(2)3/h5-8,14-16H,4,9-13H2,1-3H3,(H,21,23)(H,22,24). The number of carbonyl (C=O) groups excluding carboxylic acids is 2. The summed E-state index contributed by atoms with van der Waals surface area (Å²) in [6.45, 7) is 7.05. The van der Waals surface area contributed by atoms with Crippen LogP contribution in [-0.2, 0) is 9.59 Å². The first-order valence-electron chi connectivity index (χ1n) is 9.20. The Morgan fingerprint density at radius 1 is 1.04 bits per heavy atom. The van der Waals surface area contributed by atoms with Crippen LogP contribution in [-0.4, -0.2) is 18.4 Å². The molecule has 1 aromatic rings. The zero-order chi connectivity index (χ0) is 17.5. The van der Waals surface area contributed by atoms with Crippen molar-refractivity contribution in [2.75, 3.05) is 11.9 Å². The summed E-state index contributed by atoms with van der Waals surface area (Å²) in [5.41, 5.74) is 2.08. The van der Waals surface area contributed by atoms with Gasteiger partial charge in [-0.1, -0.05) is 39.0 Å². The second-order valence-corrected chi connectivity index (χ2v) is 7.07. The smallest absolute Gasteiger partial charge is 0.227 e. The zero-order valence-electron chi connectivity index (χ0n) is 15.1.